The molecule has 5 nitrogen and oxygen atoms in total. The van der Waals surface area contributed by atoms with E-state index in [1.165, 1.54) is 6.07 Å². The molecule has 1 aromatic heterocycles. The van der Waals surface area contributed by atoms with Crippen LogP contribution in [0.15, 0.2) is 10.9 Å². The number of esters is 1. The van der Waals surface area contributed by atoms with Gasteiger partial charge in [0.1, 0.15) is 17.7 Å². The van der Waals surface area contributed by atoms with Crippen molar-refractivity contribution in [3.05, 3.63) is 33.2 Å². The Bertz CT molecular complexity index is 563. The van der Waals surface area contributed by atoms with Crippen LogP contribution in [0.3, 0.4) is 0 Å². The number of rotatable bonds is 2. The van der Waals surface area contributed by atoms with E-state index < -0.39 is 11.5 Å². The lowest BCUT2D eigenvalue weighted by Gasteiger charge is -2.12. The molecule has 0 amide bonds. The van der Waals surface area contributed by atoms with Gasteiger partial charge in [-0.3, -0.25) is 4.79 Å². The third kappa shape index (κ3) is 2.43. The van der Waals surface area contributed by atoms with Crippen LogP contribution in [0.25, 0.3) is 0 Å². The van der Waals surface area contributed by atoms with E-state index in [1.807, 2.05) is 0 Å². The molecule has 0 aliphatic heterocycles. The zero-order valence-corrected chi connectivity index (χ0v) is 10.2. The second kappa shape index (κ2) is 5.05. The monoisotopic (exact) mass is 246 g/mol. The Labute approximate surface area is 104 Å². The van der Waals surface area contributed by atoms with Crippen LogP contribution in [0.2, 0.25) is 0 Å². The summed E-state index contributed by atoms with van der Waals surface area (Å²) in [6.45, 7) is 1.62. The quantitative estimate of drug-likeness (QED) is 0.804. The van der Waals surface area contributed by atoms with Gasteiger partial charge in [-0.2, -0.15) is 5.26 Å². The average Bonchev–Trinajstić information content (AvgIpc) is 2.81. The highest BCUT2D eigenvalue weighted by atomic mass is 16.5. The number of aromatic amines is 1. The Balaban J connectivity index is 2.24. The van der Waals surface area contributed by atoms with E-state index in [2.05, 4.69) is 4.98 Å². The molecule has 1 fully saturated rings. The van der Waals surface area contributed by atoms with Crippen LogP contribution >= 0.6 is 0 Å². The Morgan fingerprint density at radius 3 is 2.78 bits per heavy atom. The van der Waals surface area contributed by atoms with Crippen LogP contribution < -0.4 is 5.56 Å². The lowest BCUT2D eigenvalue weighted by molar-refractivity contribution is 0.0316. The van der Waals surface area contributed by atoms with Gasteiger partial charge in [0, 0.05) is 5.69 Å². The van der Waals surface area contributed by atoms with E-state index >= 15 is 0 Å². The van der Waals surface area contributed by atoms with Crippen LogP contribution in [0, 0.1) is 18.3 Å². The highest BCUT2D eigenvalue weighted by Crippen LogP contribution is 2.22. The van der Waals surface area contributed by atoms with Gasteiger partial charge in [0.15, 0.2) is 0 Å². The van der Waals surface area contributed by atoms with Crippen LogP contribution in [0.5, 0.6) is 0 Å². The Morgan fingerprint density at radius 1 is 1.50 bits per heavy atom. The summed E-state index contributed by atoms with van der Waals surface area (Å²) in [5.74, 6) is -0.466. The first-order valence-corrected chi connectivity index (χ1v) is 5.97. The first-order chi connectivity index (χ1) is 8.61. The molecule has 5 heteroatoms. The highest BCUT2D eigenvalue weighted by molar-refractivity contribution is 5.91. The number of H-pyrrole nitrogens is 1. The van der Waals surface area contributed by atoms with E-state index in [1.54, 1.807) is 13.0 Å². The lowest BCUT2D eigenvalue weighted by atomic mass is 10.1. The number of aryl methyl sites for hydroxylation is 1. The maximum atomic E-state index is 11.9. The Kier molecular flexibility index (Phi) is 3.47. The van der Waals surface area contributed by atoms with E-state index in [9.17, 15) is 9.59 Å². The van der Waals surface area contributed by atoms with Gasteiger partial charge in [-0.15, -0.1) is 0 Å². The van der Waals surface area contributed by atoms with E-state index in [0.717, 1.165) is 25.7 Å². The molecular formula is C13H14N2O3. The lowest BCUT2D eigenvalue weighted by Crippen LogP contribution is -2.20. The molecule has 94 valence electrons. The molecule has 2 rings (SSSR count). The van der Waals surface area contributed by atoms with Gasteiger partial charge in [-0.1, -0.05) is 0 Å². The minimum atomic E-state index is -0.479. The van der Waals surface area contributed by atoms with Crippen molar-refractivity contribution in [3.8, 4) is 6.07 Å². The van der Waals surface area contributed by atoms with Crippen molar-refractivity contribution in [3.63, 3.8) is 0 Å². The second-order valence-electron chi connectivity index (χ2n) is 4.47. The summed E-state index contributed by atoms with van der Waals surface area (Å²) in [6.07, 6.45) is 3.89. The summed E-state index contributed by atoms with van der Waals surface area (Å²) >= 11 is 0. The van der Waals surface area contributed by atoms with Gasteiger partial charge < -0.3 is 9.72 Å². The first kappa shape index (κ1) is 12.4. The number of pyridine rings is 1. The van der Waals surface area contributed by atoms with E-state index in [0.29, 0.717) is 5.69 Å². The molecule has 0 radical (unpaired) electrons. The molecule has 18 heavy (non-hydrogen) atoms. The normalized spacial score (nSPS) is 15.3. The van der Waals surface area contributed by atoms with Crippen LogP contribution in [0.4, 0.5) is 0 Å². The second-order valence-corrected chi connectivity index (χ2v) is 4.47. The van der Waals surface area contributed by atoms with E-state index in [4.69, 9.17) is 10.00 Å². The van der Waals surface area contributed by atoms with Gasteiger partial charge in [0.05, 0.1) is 5.56 Å². The topological polar surface area (TPSA) is 83.0 Å². The predicted molar refractivity (Wildman–Crippen MR) is 64.2 cm³/mol. The summed E-state index contributed by atoms with van der Waals surface area (Å²) < 4.78 is 5.35. The van der Waals surface area contributed by atoms with Crippen molar-refractivity contribution >= 4 is 5.97 Å². The third-order valence-electron chi connectivity index (χ3n) is 3.15. The summed E-state index contributed by atoms with van der Waals surface area (Å²) in [6, 6.07) is 3.06. The fourth-order valence-electron chi connectivity index (χ4n) is 2.14. The fourth-order valence-corrected chi connectivity index (χ4v) is 2.14. The zero-order chi connectivity index (χ0) is 13.1. The number of carbonyl (C=O) groups excluding carboxylic acids is 1. The van der Waals surface area contributed by atoms with Crippen molar-refractivity contribution in [2.24, 2.45) is 0 Å². The number of nitriles is 1. The maximum Gasteiger partial charge on any atom is 0.340 e. The molecule has 1 aromatic rings. The minimum Gasteiger partial charge on any atom is -0.459 e. The molecule has 0 aromatic carbocycles. The molecule has 1 saturated carbocycles. The highest BCUT2D eigenvalue weighted by Gasteiger charge is 2.22. The summed E-state index contributed by atoms with van der Waals surface area (Å²) in [5.41, 5.74) is 0.145. The smallest absolute Gasteiger partial charge is 0.340 e. The molecule has 0 atom stereocenters. The Hall–Kier alpha value is -2.09. The third-order valence-corrected chi connectivity index (χ3v) is 3.15. The fraction of sp³-hybridized carbons (Fsp3) is 0.462. The molecule has 0 saturated heterocycles. The number of nitrogens with one attached hydrogen (secondary N) is 1. The van der Waals surface area contributed by atoms with Crippen LogP contribution in [-0.4, -0.2) is 17.1 Å². The molecule has 0 spiro atoms. The zero-order valence-electron chi connectivity index (χ0n) is 10.2. The van der Waals surface area contributed by atoms with Crippen molar-refractivity contribution in [2.45, 2.75) is 38.7 Å². The first-order valence-electron chi connectivity index (χ1n) is 5.97. The number of carbonyl (C=O) groups is 1. The minimum absolute atomic E-state index is 0.0330. The number of ether oxygens (including phenoxy) is 1. The number of aromatic nitrogens is 1. The van der Waals surface area contributed by atoms with Gasteiger partial charge in [-0.05, 0) is 38.7 Å². The number of nitrogens with zero attached hydrogens (tertiary/aromatic N) is 1. The Morgan fingerprint density at radius 2 is 2.17 bits per heavy atom. The van der Waals surface area contributed by atoms with Gasteiger partial charge >= 0.3 is 5.97 Å². The molecule has 1 heterocycles. The molecule has 1 N–H and O–H groups in total. The molecule has 1 aliphatic rings. The summed E-state index contributed by atoms with van der Waals surface area (Å²) in [5, 5.41) is 8.78. The molecule has 0 unspecified atom stereocenters. The van der Waals surface area contributed by atoms with Crippen LogP contribution in [-0.2, 0) is 4.74 Å². The van der Waals surface area contributed by atoms with Gasteiger partial charge in [-0.25, -0.2) is 4.79 Å². The van der Waals surface area contributed by atoms with Gasteiger partial charge in [0.2, 0.25) is 0 Å². The van der Waals surface area contributed by atoms with Gasteiger partial charge in [0.25, 0.3) is 5.56 Å². The number of hydrogen-bond acceptors (Lipinski definition) is 4. The molecular weight excluding hydrogens is 232 g/mol. The number of hydrogen-bond donors (Lipinski definition) is 1. The summed E-state index contributed by atoms with van der Waals surface area (Å²) in [7, 11) is 0. The van der Waals surface area contributed by atoms with E-state index in [-0.39, 0.29) is 17.2 Å². The van der Waals surface area contributed by atoms with Crippen molar-refractivity contribution < 1.29 is 9.53 Å². The van der Waals surface area contributed by atoms with Crippen LogP contribution in [0.1, 0.15) is 47.3 Å². The largest absolute Gasteiger partial charge is 0.459 e. The standard InChI is InChI=1S/C13H14N2O3/c1-8-11(6-9(7-14)12(16)15-8)13(17)18-10-4-2-3-5-10/h6,10H,2-5H2,1H3,(H,15,16). The molecule has 0 bridgehead atoms. The predicted octanol–water partition coefficient (Wildman–Crippen LogP) is 1.65. The molecule has 1 aliphatic carbocycles. The van der Waals surface area contributed by atoms with Crippen molar-refractivity contribution in [2.75, 3.05) is 0 Å². The average molecular weight is 246 g/mol. The van der Waals surface area contributed by atoms with Crippen molar-refractivity contribution in [1.29, 1.82) is 5.26 Å². The SMILES string of the molecule is Cc1[nH]c(=O)c(C#N)cc1C(=O)OC1CCCC1. The maximum absolute atomic E-state index is 11.9. The summed E-state index contributed by atoms with van der Waals surface area (Å²) in [4.78, 5) is 25.8. The van der Waals surface area contributed by atoms with Crippen molar-refractivity contribution in [1.82, 2.24) is 4.98 Å².